The van der Waals surface area contributed by atoms with Gasteiger partial charge in [0.05, 0.1) is 18.8 Å². The van der Waals surface area contributed by atoms with E-state index in [0.29, 0.717) is 35.3 Å². The van der Waals surface area contributed by atoms with Crippen molar-refractivity contribution in [2.45, 2.75) is 19.4 Å². The number of hydrogen-bond donors (Lipinski definition) is 2. The summed E-state index contributed by atoms with van der Waals surface area (Å²) in [6.45, 7) is 2.24. The van der Waals surface area contributed by atoms with Gasteiger partial charge in [0.1, 0.15) is 11.9 Å². The minimum atomic E-state index is -0.592. The molecule has 4 rings (SSSR count). The van der Waals surface area contributed by atoms with Gasteiger partial charge in [0.25, 0.3) is 5.91 Å². The van der Waals surface area contributed by atoms with Crippen molar-refractivity contribution >= 4 is 23.6 Å². The van der Waals surface area contributed by atoms with Crippen LogP contribution in [0, 0.1) is 5.82 Å². The fourth-order valence-electron chi connectivity index (χ4n) is 3.76. The molecule has 2 aromatic carbocycles. The van der Waals surface area contributed by atoms with E-state index in [4.69, 9.17) is 4.74 Å². The van der Waals surface area contributed by atoms with Gasteiger partial charge in [0, 0.05) is 42.9 Å². The van der Waals surface area contributed by atoms with Gasteiger partial charge in [-0.25, -0.2) is 9.18 Å². The van der Waals surface area contributed by atoms with Gasteiger partial charge in [-0.2, -0.15) is 0 Å². The van der Waals surface area contributed by atoms with E-state index in [1.54, 1.807) is 42.6 Å². The fourth-order valence-corrected chi connectivity index (χ4v) is 3.76. The van der Waals surface area contributed by atoms with E-state index in [9.17, 15) is 18.8 Å². The first-order valence-electron chi connectivity index (χ1n) is 11.2. The zero-order chi connectivity index (χ0) is 24.8. The fraction of sp³-hybridized carbons (Fsp3) is 0.231. The Bertz CT molecular complexity index is 1220. The number of cyclic esters (lactones) is 1. The first-order chi connectivity index (χ1) is 16.9. The third-order valence-corrected chi connectivity index (χ3v) is 5.57. The summed E-state index contributed by atoms with van der Waals surface area (Å²) >= 11 is 0. The van der Waals surface area contributed by atoms with Gasteiger partial charge in [-0.05, 0) is 48.0 Å². The topological polar surface area (TPSA) is 101 Å². The summed E-state index contributed by atoms with van der Waals surface area (Å²) in [5.74, 6) is -0.944. The Hall–Kier alpha value is -4.27. The number of carbonyl (C=O) groups excluding carboxylic acids is 3. The van der Waals surface area contributed by atoms with E-state index < -0.39 is 18.0 Å². The van der Waals surface area contributed by atoms with E-state index >= 15 is 0 Å². The average Bonchev–Trinajstić information content (AvgIpc) is 3.24. The maximum absolute atomic E-state index is 14.9. The van der Waals surface area contributed by atoms with Crippen molar-refractivity contribution in [1.82, 2.24) is 15.6 Å². The Morgan fingerprint density at radius 2 is 1.91 bits per heavy atom. The second-order valence-electron chi connectivity index (χ2n) is 8.12. The van der Waals surface area contributed by atoms with Gasteiger partial charge in [-0.15, -0.1) is 0 Å². The lowest BCUT2D eigenvalue weighted by Gasteiger charge is -2.14. The Morgan fingerprint density at radius 3 is 2.60 bits per heavy atom. The zero-order valence-electron chi connectivity index (χ0n) is 19.2. The lowest BCUT2D eigenvalue weighted by Crippen LogP contribution is -2.33. The molecule has 0 aliphatic carbocycles. The Balaban J connectivity index is 1.37. The lowest BCUT2D eigenvalue weighted by molar-refractivity contribution is -0.119. The molecule has 8 nitrogen and oxygen atoms in total. The van der Waals surface area contributed by atoms with Crippen LogP contribution < -0.4 is 15.5 Å². The molecule has 0 saturated carbocycles. The third-order valence-electron chi connectivity index (χ3n) is 5.57. The Kier molecular flexibility index (Phi) is 7.35. The van der Waals surface area contributed by atoms with Crippen LogP contribution >= 0.6 is 0 Å². The van der Waals surface area contributed by atoms with Crippen molar-refractivity contribution in [3.05, 3.63) is 83.9 Å². The molecule has 1 aromatic heterocycles. The number of amides is 3. The number of carbonyl (C=O) groups is 3. The van der Waals surface area contributed by atoms with Crippen molar-refractivity contribution in [2.24, 2.45) is 0 Å². The van der Waals surface area contributed by atoms with Gasteiger partial charge >= 0.3 is 6.09 Å². The van der Waals surface area contributed by atoms with Crippen molar-refractivity contribution in [3.8, 4) is 11.1 Å². The van der Waals surface area contributed by atoms with E-state index in [1.165, 1.54) is 17.9 Å². The second-order valence-corrected chi connectivity index (χ2v) is 8.12. The quantitative estimate of drug-likeness (QED) is 0.520. The molecule has 3 aromatic rings. The molecule has 2 heterocycles. The normalized spacial score (nSPS) is 15.0. The van der Waals surface area contributed by atoms with Crippen molar-refractivity contribution < 1.29 is 23.5 Å². The predicted octanol–water partition coefficient (Wildman–Crippen LogP) is 3.32. The molecule has 9 heteroatoms. The minimum absolute atomic E-state index is 0.196. The highest BCUT2D eigenvalue weighted by atomic mass is 19.1. The number of benzene rings is 2. The third kappa shape index (κ3) is 6.00. The molecule has 1 saturated heterocycles. The van der Waals surface area contributed by atoms with Crippen LogP contribution in [-0.2, 0) is 16.0 Å². The van der Waals surface area contributed by atoms with E-state index in [-0.39, 0.29) is 24.9 Å². The number of halogens is 1. The second kappa shape index (κ2) is 10.8. The largest absolute Gasteiger partial charge is 0.442 e. The number of aromatic nitrogens is 1. The maximum Gasteiger partial charge on any atom is 0.414 e. The van der Waals surface area contributed by atoms with Crippen LogP contribution in [0.25, 0.3) is 11.1 Å². The molecule has 180 valence electrons. The Morgan fingerprint density at radius 1 is 1.11 bits per heavy atom. The Labute approximate surface area is 202 Å². The number of nitrogens with one attached hydrogen (secondary N) is 2. The van der Waals surface area contributed by atoms with Gasteiger partial charge in [-0.3, -0.25) is 19.5 Å². The number of ether oxygens (including phenoxy) is 1. The van der Waals surface area contributed by atoms with Crippen molar-refractivity contribution in [2.75, 3.05) is 24.5 Å². The minimum Gasteiger partial charge on any atom is -0.442 e. The molecular weight excluding hydrogens is 451 g/mol. The summed E-state index contributed by atoms with van der Waals surface area (Å²) in [6, 6.07) is 16.8. The number of nitrogens with zero attached hydrogens (tertiary/aromatic N) is 2. The molecule has 0 bridgehead atoms. The molecule has 0 radical (unpaired) electrons. The van der Waals surface area contributed by atoms with E-state index in [1.807, 2.05) is 18.2 Å². The van der Waals surface area contributed by atoms with Crippen LogP contribution in [0.2, 0.25) is 0 Å². The summed E-state index contributed by atoms with van der Waals surface area (Å²) in [5, 5.41) is 5.46. The van der Waals surface area contributed by atoms with Crippen LogP contribution in [0.3, 0.4) is 0 Å². The van der Waals surface area contributed by atoms with E-state index in [0.717, 1.165) is 5.69 Å². The highest BCUT2D eigenvalue weighted by molar-refractivity contribution is 5.95. The molecule has 2 N–H and O–H groups in total. The van der Waals surface area contributed by atoms with Gasteiger partial charge in [0.2, 0.25) is 5.91 Å². The molecule has 1 atom stereocenters. The number of rotatable bonds is 8. The summed E-state index contributed by atoms with van der Waals surface area (Å²) < 4.78 is 20.2. The van der Waals surface area contributed by atoms with Gasteiger partial charge < -0.3 is 15.4 Å². The first kappa shape index (κ1) is 23.9. The summed E-state index contributed by atoms with van der Waals surface area (Å²) in [4.78, 5) is 41.2. The molecule has 3 amide bonds. The highest BCUT2D eigenvalue weighted by Gasteiger charge is 2.32. The lowest BCUT2D eigenvalue weighted by atomic mass is 10.0. The smallest absolute Gasteiger partial charge is 0.414 e. The monoisotopic (exact) mass is 476 g/mol. The van der Waals surface area contributed by atoms with Crippen molar-refractivity contribution in [1.29, 1.82) is 0 Å². The maximum atomic E-state index is 14.9. The van der Waals surface area contributed by atoms with Crippen LogP contribution in [-0.4, -0.2) is 48.6 Å². The van der Waals surface area contributed by atoms with E-state index in [2.05, 4.69) is 15.6 Å². The molecule has 1 aliphatic heterocycles. The SMILES string of the molecule is CC(=O)NCC1CN(c2ccc(-c3ccc(C(=O)NCCc4ccccn4)cc3)c(F)c2)C(=O)O1. The van der Waals surface area contributed by atoms with Gasteiger partial charge in [-0.1, -0.05) is 18.2 Å². The van der Waals surface area contributed by atoms with Crippen molar-refractivity contribution in [3.63, 3.8) is 0 Å². The molecule has 1 unspecified atom stereocenters. The molecular formula is C26H25FN4O4. The molecule has 35 heavy (non-hydrogen) atoms. The number of hydrogen-bond acceptors (Lipinski definition) is 5. The number of pyridine rings is 1. The summed E-state index contributed by atoms with van der Waals surface area (Å²) in [7, 11) is 0. The summed E-state index contributed by atoms with van der Waals surface area (Å²) in [5.41, 5.74) is 2.68. The molecule has 1 aliphatic rings. The van der Waals surface area contributed by atoms with Crippen LogP contribution in [0.4, 0.5) is 14.9 Å². The van der Waals surface area contributed by atoms with Crippen LogP contribution in [0.15, 0.2) is 66.9 Å². The van der Waals surface area contributed by atoms with Crippen LogP contribution in [0.1, 0.15) is 23.0 Å². The molecule has 1 fully saturated rings. The van der Waals surface area contributed by atoms with Gasteiger partial charge in [0.15, 0.2) is 0 Å². The highest BCUT2D eigenvalue weighted by Crippen LogP contribution is 2.29. The average molecular weight is 477 g/mol. The number of anilines is 1. The predicted molar refractivity (Wildman–Crippen MR) is 128 cm³/mol. The summed E-state index contributed by atoms with van der Waals surface area (Å²) in [6.07, 6.45) is 1.24. The first-order valence-corrected chi connectivity index (χ1v) is 11.2. The molecule has 0 spiro atoms. The standard InChI is InChI=1S/C26H25FN4O4/c1-17(32)30-15-22-16-31(26(34)35-22)21-9-10-23(24(27)14-21)18-5-7-19(8-6-18)25(33)29-13-11-20-4-2-3-12-28-20/h2-10,12,14,22H,11,13,15-16H2,1H3,(H,29,33)(H,30,32). The van der Waals surface area contributed by atoms with Crippen LogP contribution in [0.5, 0.6) is 0 Å². The zero-order valence-corrected chi connectivity index (χ0v) is 19.2.